The summed E-state index contributed by atoms with van der Waals surface area (Å²) in [6, 6.07) is 89.7. The Labute approximate surface area is 355 Å². The van der Waals surface area contributed by atoms with Crippen molar-refractivity contribution in [1.82, 2.24) is 5.01 Å². The molecule has 0 unspecified atom stereocenters. The molecule has 9 rings (SSSR count). The van der Waals surface area contributed by atoms with Crippen molar-refractivity contribution in [1.29, 1.82) is 0 Å². The Hall–Kier alpha value is -5.43. The van der Waals surface area contributed by atoms with Crippen molar-refractivity contribution in [2.75, 3.05) is 12.7 Å². The van der Waals surface area contributed by atoms with Gasteiger partial charge < -0.3 is 17.0 Å². The number of rotatable bonds is 12. The molecule has 0 radical (unpaired) electrons. The van der Waals surface area contributed by atoms with E-state index in [2.05, 4.69) is 248 Å². The van der Waals surface area contributed by atoms with E-state index in [1.165, 1.54) is 48.4 Å². The molecule has 0 saturated carbocycles. The Morgan fingerprint density at radius 3 is 0.966 bits per heavy atom. The molecule has 58 heavy (non-hydrogen) atoms. The fourth-order valence-electron chi connectivity index (χ4n) is 9.08. The van der Waals surface area contributed by atoms with E-state index in [9.17, 15) is 0 Å². The number of hydrogen-bond acceptors (Lipinski definition) is 2. The van der Waals surface area contributed by atoms with E-state index >= 15 is 0 Å². The van der Waals surface area contributed by atoms with Gasteiger partial charge in [0.15, 0.2) is 12.7 Å². The van der Waals surface area contributed by atoms with Gasteiger partial charge in [-0.2, -0.15) is 0 Å². The van der Waals surface area contributed by atoms with E-state index < -0.39 is 20.1 Å². The molecule has 2 nitrogen and oxygen atoms in total. The minimum atomic E-state index is -2.48. The summed E-state index contributed by atoms with van der Waals surface area (Å²) in [5.41, 5.74) is 3.19. The van der Waals surface area contributed by atoms with Crippen molar-refractivity contribution in [2.24, 2.45) is 5.10 Å². The Kier molecular flexibility index (Phi) is 12.0. The summed E-state index contributed by atoms with van der Waals surface area (Å²) >= 11 is 0. The van der Waals surface area contributed by atoms with Crippen LogP contribution in [-0.4, -0.2) is 23.2 Å². The third-order valence-electron chi connectivity index (χ3n) is 11.6. The first kappa shape index (κ1) is 39.4. The van der Waals surface area contributed by atoms with Gasteiger partial charge in [0.05, 0.1) is 19.1 Å². The number of benzene rings is 8. The Bertz CT molecular complexity index is 2290. The molecular weight excluding hydrogens is 806 g/mol. The zero-order chi connectivity index (χ0) is 38.4. The van der Waals surface area contributed by atoms with Crippen molar-refractivity contribution < 1.29 is 17.0 Å². The molecule has 0 fully saturated rings. The van der Waals surface area contributed by atoms with Crippen molar-refractivity contribution in [3.63, 3.8) is 0 Å². The van der Waals surface area contributed by atoms with Crippen LogP contribution in [0.5, 0.6) is 0 Å². The van der Waals surface area contributed by atoms with E-state index in [1.807, 2.05) is 0 Å². The largest absolute Gasteiger partial charge is 1.00 e. The zero-order valence-corrected chi connectivity index (χ0v) is 35.8. The van der Waals surface area contributed by atoms with Gasteiger partial charge in [-0.3, -0.25) is 5.01 Å². The number of hydrogen-bond donors (Lipinski definition) is 0. The van der Waals surface area contributed by atoms with Gasteiger partial charge in [0, 0.05) is 0 Å². The smallest absolute Gasteiger partial charge is 0.195 e. The fraction of sp³-hybridized carbons (Fsp3) is 0.0755. The number of nitrogens with zero attached hydrogens (tertiary/aromatic N) is 2. The molecule has 0 amide bonds. The molecule has 1 aliphatic rings. The van der Waals surface area contributed by atoms with Gasteiger partial charge in [0.25, 0.3) is 0 Å². The van der Waals surface area contributed by atoms with Crippen LogP contribution in [0.2, 0.25) is 0 Å². The molecule has 8 aromatic rings. The SMILES string of the molecule is [Br-].c1ccc(C2(c3ccccc3)CC([P+](c3ccccc3)(c3ccccc3)c3ccccc3)=NN2CC[P+](c2ccccc2)(c2ccccc2)c2ccccc2)cc1. The fourth-order valence-corrected chi connectivity index (χ4v) is 17.6. The van der Waals surface area contributed by atoms with Crippen molar-refractivity contribution >= 4 is 51.8 Å². The monoisotopic (exact) mass is 851 g/mol. The van der Waals surface area contributed by atoms with E-state index in [1.54, 1.807) is 0 Å². The van der Waals surface area contributed by atoms with Crippen LogP contribution in [0.25, 0.3) is 0 Å². The Morgan fingerprint density at radius 1 is 0.379 bits per heavy atom. The molecule has 0 aliphatic carbocycles. The highest BCUT2D eigenvalue weighted by Gasteiger charge is 2.59. The maximum atomic E-state index is 6.10. The molecule has 1 heterocycles. The summed E-state index contributed by atoms with van der Waals surface area (Å²) < 4.78 is 0. The molecule has 0 atom stereocenters. The maximum Gasteiger partial charge on any atom is 0.195 e. The molecular formula is C53H46BrN2P2+. The number of hydrazone groups is 1. The van der Waals surface area contributed by atoms with Gasteiger partial charge in [0.1, 0.15) is 44.6 Å². The average Bonchev–Trinajstić information content (AvgIpc) is 3.70. The molecule has 0 N–H and O–H groups in total. The van der Waals surface area contributed by atoms with Crippen molar-refractivity contribution in [3.05, 3.63) is 254 Å². The van der Waals surface area contributed by atoms with Gasteiger partial charge in [-0.25, -0.2) is 0 Å². The predicted molar refractivity (Wildman–Crippen MR) is 248 cm³/mol. The first-order valence-electron chi connectivity index (χ1n) is 19.8. The molecule has 5 heteroatoms. The van der Waals surface area contributed by atoms with E-state index in [4.69, 9.17) is 5.10 Å². The zero-order valence-electron chi connectivity index (χ0n) is 32.4. The molecule has 0 aromatic heterocycles. The highest BCUT2D eigenvalue weighted by Crippen LogP contribution is 2.63. The summed E-state index contributed by atoms with van der Waals surface area (Å²) in [4.78, 5) is 0. The molecule has 1 aliphatic heterocycles. The second-order valence-corrected chi connectivity index (χ2v) is 21.6. The summed E-state index contributed by atoms with van der Waals surface area (Å²) in [6.07, 6.45) is 1.66. The van der Waals surface area contributed by atoms with Gasteiger partial charge >= 0.3 is 0 Å². The minimum Gasteiger partial charge on any atom is -1.00 e. The van der Waals surface area contributed by atoms with E-state index in [0.29, 0.717) is 0 Å². The minimum absolute atomic E-state index is 0. The highest BCUT2D eigenvalue weighted by atomic mass is 79.9. The third-order valence-corrected chi connectivity index (χ3v) is 20.3. The summed E-state index contributed by atoms with van der Waals surface area (Å²) in [6.45, 7) is 0.748. The van der Waals surface area contributed by atoms with Crippen LogP contribution in [-0.2, 0) is 5.54 Å². The second kappa shape index (κ2) is 17.6. The predicted octanol–water partition coefficient (Wildman–Crippen LogP) is 6.94. The van der Waals surface area contributed by atoms with E-state index in [0.717, 1.165) is 19.1 Å². The van der Waals surface area contributed by atoms with E-state index in [-0.39, 0.29) is 17.0 Å². The summed E-state index contributed by atoms with van der Waals surface area (Å²) in [7, 11) is -4.66. The lowest BCUT2D eigenvalue weighted by Gasteiger charge is -2.39. The average molecular weight is 853 g/mol. The molecule has 284 valence electrons. The summed E-state index contributed by atoms with van der Waals surface area (Å²) in [5, 5.41) is 16.7. The second-order valence-electron chi connectivity index (χ2n) is 14.6. The lowest BCUT2D eigenvalue weighted by atomic mass is 9.80. The lowest BCUT2D eigenvalue weighted by molar-refractivity contribution is -0.0000109. The van der Waals surface area contributed by atoms with Gasteiger partial charge in [-0.05, 0) is 83.9 Å². The van der Waals surface area contributed by atoms with Gasteiger partial charge in [-0.1, -0.05) is 170 Å². The normalized spacial score (nSPS) is 13.7. The quantitative estimate of drug-likeness (QED) is 0.122. The molecule has 8 aromatic carbocycles. The highest BCUT2D eigenvalue weighted by molar-refractivity contribution is 8.08. The van der Waals surface area contributed by atoms with Crippen LogP contribution in [0.4, 0.5) is 0 Å². The first-order valence-corrected chi connectivity index (χ1v) is 23.6. The lowest BCUT2D eigenvalue weighted by Crippen LogP contribution is -3.00. The first-order chi connectivity index (χ1) is 28.3. The van der Waals surface area contributed by atoms with Crippen molar-refractivity contribution in [2.45, 2.75) is 12.0 Å². The van der Waals surface area contributed by atoms with Gasteiger partial charge in [-0.15, -0.1) is 5.10 Å². The van der Waals surface area contributed by atoms with Crippen LogP contribution < -0.4 is 48.8 Å². The number of halogens is 1. The molecule has 0 saturated heterocycles. The van der Waals surface area contributed by atoms with Crippen molar-refractivity contribution in [3.8, 4) is 0 Å². The van der Waals surface area contributed by atoms with Crippen LogP contribution in [0.15, 0.2) is 248 Å². The summed E-state index contributed by atoms with van der Waals surface area (Å²) in [5.74, 6) is 0. The van der Waals surface area contributed by atoms with Crippen LogP contribution in [0.1, 0.15) is 17.5 Å². The Morgan fingerprint density at radius 2 is 0.655 bits per heavy atom. The molecule has 0 spiro atoms. The van der Waals surface area contributed by atoms with Crippen LogP contribution in [0, 0.1) is 0 Å². The third kappa shape index (κ3) is 6.96. The van der Waals surface area contributed by atoms with Crippen LogP contribution in [0.3, 0.4) is 0 Å². The standard InChI is InChI=1S/C53H46N2P2.BrH/c1-9-25-44(26-10-1)53(45-27-11-2-12-28-45)43-52(57(49-35-19-6-20-36-49,50-37-21-7-22-38-50)51-39-23-8-24-40-51)54-55(53)41-42-56(46-29-13-3-14-30-46,47-31-15-4-16-32-47)48-33-17-5-18-34-48;/h1-40H,41-43H2;1H/q+2;/p-1. The topological polar surface area (TPSA) is 15.6 Å². The Balaban J connectivity index is 0.00000469. The van der Waals surface area contributed by atoms with Gasteiger partial charge in [0.2, 0.25) is 0 Å². The van der Waals surface area contributed by atoms with Crippen LogP contribution >= 0.6 is 14.5 Å². The molecule has 0 bridgehead atoms. The maximum absolute atomic E-state index is 6.10.